The summed E-state index contributed by atoms with van der Waals surface area (Å²) in [6, 6.07) is 8.28. The molecule has 27 heavy (non-hydrogen) atoms. The first-order valence-electron chi connectivity index (χ1n) is 9.43. The molecule has 4 rings (SSSR count). The van der Waals surface area contributed by atoms with E-state index in [-0.39, 0.29) is 23.1 Å². The number of fused-ring (bicyclic) bond motifs is 2. The third kappa shape index (κ3) is 2.99. The maximum Gasteiger partial charge on any atom is 0.274 e. The molecule has 1 saturated heterocycles. The van der Waals surface area contributed by atoms with Gasteiger partial charge in [-0.15, -0.1) is 0 Å². The van der Waals surface area contributed by atoms with Gasteiger partial charge in [-0.3, -0.25) is 14.6 Å². The Labute approximate surface area is 159 Å². The molecule has 0 radical (unpaired) electrons. The largest absolute Gasteiger partial charge is 0.359 e. The molecule has 1 fully saturated rings. The summed E-state index contributed by atoms with van der Waals surface area (Å²) in [5, 5.41) is 2.80. The molecule has 1 aromatic heterocycles. The highest BCUT2D eigenvalue weighted by Gasteiger charge is 2.47. The highest BCUT2D eigenvalue weighted by atomic mass is 16.2. The number of piperidine rings is 1. The first kappa shape index (κ1) is 17.6. The van der Waals surface area contributed by atoms with Gasteiger partial charge in [0, 0.05) is 31.7 Å². The van der Waals surface area contributed by atoms with E-state index in [1.165, 1.54) is 5.56 Å². The number of likely N-dealkylation sites (tertiary alicyclic amines) is 1. The van der Waals surface area contributed by atoms with Crippen molar-refractivity contribution in [2.75, 3.05) is 20.1 Å². The molecule has 2 amide bonds. The maximum atomic E-state index is 12.7. The fraction of sp³-hybridized carbons (Fsp3) is 0.429. The van der Waals surface area contributed by atoms with Gasteiger partial charge in [-0.25, -0.2) is 4.98 Å². The quantitative estimate of drug-likeness (QED) is 0.886. The van der Waals surface area contributed by atoms with Crippen molar-refractivity contribution in [3.05, 3.63) is 59.2 Å². The Morgan fingerprint density at radius 2 is 1.89 bits per heavy atom. The molecular formula is C21H24N4O2. The fourth-order valence-corrected chi connectivity index (χ4v) is 4.58. The summed E-state index contributed by atoms with van der Waals surface area (Å²) in [4.78, 5) is 35.4. The number of nitrogens with one attached hydrogen (secondary N) is 1. The zero-order valence-electron chi connectivity index (χ0n) is 15.7. The van der Waals surface area contributed by atoms with E-state index in [1.807, 2.05) is 24.0 Å². The number of carbonyl (C=O) groups is 2. The summed E-state index contributed by atoms with van der Waals surface area (Å²) in [7, 11) is 1.69. The first-order valence-corrected chi connectivity index (χ1v) is 9.43. The molecule has 2 heterocycles. The number of amides is 2. The SMILES string of the molecule is CNC(=O)[C@@H]1CC2(CCN(C(=O)c3cnc(C)cn3)CC2)c2ccccc21. The van der Waals surface area contributed by atoms with E-state index in [0.717, 1.165) is 30.5 Å². The van der Waals surface area contributed by atoms with Crippen LogP contribution < -0.4 is 5.32 Å². The van der Waals surface area contributed by atoms with E-state index < -0.39 is 0 Å². The number of aryl methyl sites for hydroxylation is 1. The highest BCUT2D eigenvalue weighted by Crippen LogP contribution is 2.51. The number of nitrogens with zero attached hydrogens (tertiary/aromatic N) is 3. The van der Waals surface area contributed by atoms with Crippen LogP contribution >= 0.6 is 0 Å². The molecule has 0 unspecified atom stereocenters. The Balaban J connectivity index is 1.54. The minimum Gasteiger partial charge on any atom is -0.359 e. The van der Waals surface area contributed by atoms with Crippen LogP contribution in [0, 0.1) is 6.92 Å². The van der Waals surface area contributed by atoms with Gasteiger partial charge in [0.05, 0.1) is 17.8 Å². The van der Waals surface area contributed by atoms with Crippen molar-refractivity contribution in [3.63, 3.8) is 0 Å². The van der Waals surface area contributed by atoms with Gasteiger partial charge in [0.15, 0.2) is 0 Å². The van der Waals surface area contributed by atoms with Crippen molar-refractivity contribution < 1.29 is 9.59 Å². The zero-order valence-corrected chi connectivity index (χ0v) is 15.7. The number of hydrogen-bond acceptors (Lipinski definition) is 4. The molecule has 1 aliphatic heterocycles. The van der Waals surface area contributed by atoms with Crippen LogP contribution in [0.4, 0.5) is 0 Å². The summed E-state index contributed by atoms with van der Waals surface area (Å²) in [5.74, 6) is -0.0874. The molecule has 140 valence electrons. The first-order chi connectivity index (χ1) is 13.0. The van der Waals surface area contributed by atoms with Gasteiger partial charge in [-0.05, 0) is 37.3 Å². The molecule has 1 N–H and O–H groups in total. The van der Waals surface area contributed by atoms with E-state index in [4.69, 9.17) is 0 Å². The van der Waals surface area contributed by atoms with Crippen molar-refractivity contribution >= 4 is 11.8 Å². The standard InChI is InChI=1S/C21H24N4O2/c1-14-12-24-18(13-23-14)20(27)25-9-7-21(8-10-25)11-16(19(26)22-2)15-5-3-4-6-17(15)21/h3-6,12-13,16H,7-11H2,1-2H3,(H,22,26)/t16-/m1/s1. The normalized spacial score (nSPS) is 20.4. The molecule has 0 saturated carbocycles. The minimum absolute atomic E-state index is 0.0243. The molecule has 6 nitrogen and oxygen atoms in total. The van der Waals surface area contributed by atoms with Crippen molar-refractivity contribution in [1.29, 1.82) is 0 Å². The summed E-state index contributed by atoms with van der Waals surface area (Å²) < 4.78 is 0. The summed E-state index contributed by atoms with van der Waals surface area (Å²) in [6.45, 7) is 3.19. The third-order valence-electron chi connectivity index (χ3n) is 6.07. The van der Waals surface area contributed by atoms with Gasteiger partial charge in [0.25, 0.3) is 5.91 Å². The molecule has 0 bridgehead atoms. The van der Waals surface area contributed by atoms with Gasteiger partial charge >= 0.3 is 0 Å². The average Bonchev–Trinajstić information content (AvgIpc) is 3.02. The minimum atomic E-state index is -0.101. The molecule has 1 atom stereocenters. The number of aromatic nitrogens is 2. The Kier molecular flexibility index (Phi) is 4.42. The van der Waals surface area contributed by atoms with Gasteiger partial charge in [-0.1, -0.05) is 24.3 Å². The second-order valence-corrected chi connectivity index (χ2v) is 7.57. The van der Waals surface area contributed by atoms with E-state index >= 15 is 0 Å². The number of carbonyl (C=O) groups excluding carboxylic acids is 2. The highest BCUT2D eigenvalue weighted by molar-refractivity contribution is 5.92. The van der Waals surface area contributed by atoms with Gasteiger partial charge in [0.1, 0.15) is 5.69 Å². The second kappa shape index (κ2) is 6.76. The van der Waals surface area contributed by atoms with Crippen molar-refractivity contribution in [2.24, 2.45) is 0 Å². The van der Waals surface area contributed by atoms with Crippen LogP contribution in [0.15, 0.2) is 36.7 Å². The predicted octanol–water partition coefficient (Wildman–Crippen LogP) is 2.19. The monoisotopic (exact) mass is 364 g/mol. The van der Waals surface area contributed by atoms with Crippen molar-refractivity contribution in [2.45, 2.75) is 37.5 Å². The summed E-state index contributed by atoms with van der Waals surface area (Å²) in [5.41, 5.74) is 3.59. The number of benzene rings is 1. The lowest BCUT2D eigenvalue weighted by Crippen LogP contribution is -2.45. The van der Waals surface area contributed by atoms with Crippen LogP contribution in [0.5, 0.6) is 0 Å². The van der Waals surface area contributed by atoms with Gasteiger partial charge in [-0.2, -0.15) is 0 Å². The topological polar surface area (TPSA) is 75.2 Å². The lowest BCUT2D eigenvalue weighted by atomic mass is 9.73. The molecule has 1 aliphatic carbocycles. The fourth-order valence-electron chi connectivity index (χ4n) is 4.58. The van der Waals surface area contributed by atoms with Gasteiger partial charge < -0.3 is 10.2 Å². The van der Waals surface area contributed by atoms with Crippen LogP contribution in [0.2, 0.25) is 0 Å². The van der Waals surface area contributed by atoms with E-state index in [2.05, 4.69) is 27.4 Å². The van der Waals surface area contributed by atoms with Crippen molar-refractivity contribution in [1.82, 2.24) is 20.2 Å². The number of hydrogen-bond donors (Lipinski definition) is 1. The third-order valence-corrected chi connectivity index (χ3v) is 6.07. The molecule has 1 aromatic carbocycles. The average molecular weight is 364 g/mol. The van der Waals surface area contributed by atoms with Crippen LogP contribution in [0.1, 0.15) is 52.5 Å². The van der Waals surface area contributed by atoms with E-state index in [1.54, 1.807) is 19.4 Å². The van der Waals surface area contributed by atoms with E-state index in [0.29, 0.717) is 18.8 Å². The molecular weight excluding hydrogens is 340 g/mol. The Morgan fingerprint density at radius 1 is 1.15 bits per heavy atom. The zero-order chi connectivity index (χ0) is 19.0. The summed E-state index contributed by atoms with van der Waals surface area (Å²) in [6.07, 6.45) is 5.72. The second-order valence-electron chi connectivity index (χ2n) is 7.57. The van der Waals surface area contributed by atoms with Crippen LogP contribution in [0.3, 0.4) is 0 Å². The number of likely N-dealkylation sites (N-methyl/N-ethyl adjacent to an activating group) is 1. The molecule has 1 spiro atoms. The Bertz CT molecular complexity index is 870. The van der Waals surface area contributed by atoms with E-state index in [9.17, 15) is 9.59 Å². The van der Waals surface area contributed by atoms with Crippen LogP contribution in [-0.2, 0) is 10.2 Å². The lowest BCUT2D eigenvalue weighted by molar-refractivity contribution is -0.122. The Morgan fingerprint density at radius 3 is 2.56 bits per heavy atom. The predicted molar refractivity (Wildman–Crippen MR) is 101 cm³/mol. The maximum absolute atomic E-state index is 12.7. The Hall–Kier alpha value is -2.76. The molecule has 2 aromatic rings. The van der Waals surface area contributed by atoms with Crippen LogP contribution in [-0.4, -0.2) is 46.8 Å². The smallest absolute Gasteiger partial charge is 0.274 e. The number of rotatable bonds is 2. The summed E-state index contributed by atoms with van der Waals surface area (Å²) >= 11 is 0. The molecule has 6 heteroatoms. The van der Waals surface area contributed by atoms with Crippen LogP contribution in [0.25, 0.3) is 0 Å². The molecule has 2 aliphatic rings. The van der Waals surface area contributed by atoms with Crippen molar-refractivity contribution in [3.8, 4) is 0 Å². The van der Waals surface area contributed by atoms with Gasteiger partial charge in [0.2, 0.25) is 5.91 Å². The lowest BCUT2D eigenvalue weighted by Gasteiger charge is -2.40.